The fourth-order valence-electron chi connectivity index (χ4n) is 2.94. The molecule has 3 aromatic carbocycles. The van der Waals surface area contributed by atoms with Crippen molar-refractivity contribution in [3.63, 3.8) is 0 Å². The summed E-state index contributed by atoms with van der Waals surface area (Å²) in [6.07, 6.45) is 0. The average Bonchev–Trinajstić information content (AvgIpc) is 2.66. The van der Waals surface area contributed by atoms with Crippen molar-refractivity contribution in [2.45, 2.75) is 13.2 Å². The quantitative estimate of drug-likeness (QED) is 0.512. The van der Waals surface area contributed by atoms with Crippen LogP contribution < -0.4 is 10.1 Å². The first-order valence-electron chi connectivity index (χ1n) is 8.97. The molecule has 142 valence electrons. The molecule has 0 unspecified atom stereocenters. The molecule has 3 aromatic rings. The number of likely N-dealkylation sites (N-methyl/N-ethyl adjacent to an activating group) is 1. The van der Waals surface area contributed by atoms with Crippen LogP contribution in [0, 0.1) is 0 Å². The number of rotatable bonds is 8. The molecule has 0 spiro atoms. The summed E-state index contributed by atoms with van der Waals surface area (Å²) in [5, 5.41) is 7.04. The predicted octanol–water partition coefficient (Wildman–Crippen LogP) is 5.38. The molecule has 0 atom stereocenters. The van der Waals surface area contributed by atoms with Crippen molar-refractivity contribution in [3.05, 3.63) is 75.8 Å². The van der Waals surface area contributed by atoms with E-state index in [4.69, 9.17) is 27.9 Å². The molecule has 0 aliphatic rings. The second-order valence-corrected chi connectivity index (χ2v) is 7.59. The van der Waals surface area contributed by atoms with Crippen molar-refractivity contribution in [2.75, 3.05) is 27.2 Å². The lowest BCUT2D eigenvalue weighted by Gasteiger charge is -2.16. The van der Waals surface area contributed by atoms with Crippen molar-refractivity contribution in [2.24, 2.45) is 0 Å². The Morgan fingerprint density at radius 1 is 0.963 bits per heavy atom. The number of hydrogen-bond donors (Lipinski definition) is 1. The Bertz CT molecular complexity index is 912. The molecule has 0 aromatic heterocycles. The van der Waals surface area contributed by atoms with Gasteiger partial charge >= 0.3 is 0 Å². The molecule has 0 saturated heterocycles. The van der Waals surface area contributed by atoms with Gasteiger partial charge in [-0.1, -0.05) is 59.6 Å². The van der Waals surface area contributed by atoms with Gasteiger partial charge in [0.2, 0.25) is 0 Å². The number of benzene rings is 3. The summed E-state index contributed by atoms with van der Waals surface area (Å²) in [6, 6.07) is 18.1. The van der Waals surface area contributed by atoms with E-state index in [-0.39, 0.29) is 0 Å². The third kappa shape index (κ3) is 5.36. The van der Waals surface area contributed by atoms with Crippen molar-refractivity contribution in [3.8, 4) is 5.75 Å². The minimum atomic E-state index is 0.444. The van der Waals surface area contributed by atoms with Crippen molar-refractivity contribution in [1.82, 2.24) is 10.2 Å². The van der Waals surface area contributed by atoms with Gasteiger partial charge < -0.3 is 15.0 Å². The van der Waals surface area contributed by atoms with E-state index in [1.165, 1.54) is 16.3 Å². The number of halogens is 2. The van der Waals surface area contributed by atoms with Crippen LogP contribution in [0.3, 0.4) is 0 Å². The highest BCUT2D eigenvalue weighted by Crippen LogP contribution is 2.29. The zero-order chi connectivity index (χ0) is 19.2. The van der Waals surface area contributed by atoms with Gasteiger partial charge in [-0.05, 0) is 48.6 Å². The lowest BCUT2D eigenvalue weighted by molar-refractivity contribution is 0.302. The standard InChI is InChI=1S/C22H24Cl2N2O/c1-26(2)12-11-25-14-19-18-6-4-3-5-17(18)8-10-22(19)27-15-16-7-9-20(23)21(24)13-16/h3-10,13,25H,11-12,14-15H2,1-2H3. The van der Waals surface area contributed by atoms with Crippen LogP contribution in [0.15, 0.2) is 54.6 Å². The van der Waals surface area contributed by atoms with E-state index >= 15 is 0 Å². The highest BCUT2D eigenvalue weighted by Gasteiger charge is 2.10. The molecule has 0 bridgehead atoms. The number of nitrogens with one attached hydrogen (secondary N) is 1. The van der Waals surface area contributed by atoms with Gasteiger partial charge in [-0.15, -0.1) is 0 Å². The van der Waals surface area contributed by atoms with Crippen LogP contribution >= 0.6 is 23.2 Å². The third-order valence-electron chi connectivity index (χ3n) is 4.41. The Labute approximate surface area is 170 Å². The molecule has 1 N–H and O–H groups in total. The average molecular weight is 403 g/mol. The van der Waals surface area contributed by atoms with E-state index in [0.717, 1.165) is 30.9 Å². The first-order valence-corrected chi connectivity index (χ1v) is 9.73. The van der Waals surface area contributed by atoms with Crippen LogP contribution in [0.1, 0.15) is 11.1 Å². The van der Waals surface area contributed by atoms with E-state index in [1.54, 1.807) is 6.07 Å². The Hall–Kier alpha value is -1.78. The van der Waals surface area contributed by atoms with E-state index in [0.29, 0.717) is 16.7 Å². The minimum Gasteiger partial charge on any atom is -0.489 e. The number of nitrogens with zero attached hydrogens (tertiary/aromatic N) is 1. The van der Waals surface area contributed by atoms with Crippen LogP contribution in [0.4, 0.5) is 0 Å². The maximum absolute atomic E-state index is 6.15. The highest BCUT2D eigenvalue weighted by molar-refractivity contribution is 6.42. The lowest BCUT2D eigenvalue weighted by atomic mass is 10.0. The molecule has 0 fully saturated rings. The molecule has 0 aliphatic heterocycles. The summed E-state index contributed by atoms with van der Waals surface area (Å²) in [5.74, 6) is 0.886. The van der Waals surface area contributed by atoms with Crippen molar-refractivity contribution >= 4 is 34.0 Å². The van der Waals surface area contributed by atoms with E-state index in [1.807, 2.05) is 18.2 Å². The Kier molecular flexibility index (Phi) is 6.97. The number of ether oxygens (including phenoxy) is 1. The molecule has 5 heteroatoms. The predicted molar refractivity (Wildman–Crippen MR) is 115 cm³/mol. The minimum absolute atomic E-state index is 0.444. The van der Waals surface area contributed by atoms with Gasteiger partial charge in [0, 0.05) is 25.2 Å². The van der Waals surface area contributed by atoms with Gasteiger partial charge in [0.25, 0.3) is 0 Å². The van der Waals surface area contributed by atoms with Crippen molar-refractivity contribution < 1.29 is 4.74 Å². The van der Waals surface area contributed by atoms with Gasteiger partial charge in [0.15, 0.2) is 0 Å². The van der Waals surface area contributed by atoms with Gasteiger partial charge in [-0.25, -0.2) is 0 Å². The zero-order valence-corrected chi connectivity index (χ0v) is 17.1. The molecule has 0 saturated carbocycles. The summed E-state index contributed by atoms with van der Waals surface area (Å²) in [5.41, 5.74) is 2.16. The summed E-state index contributed by atoms with van der Waals surface area (Å²) >= 11 is 12.1. The second kappa shape index (κ2) is 9.43. The fraction of sp³-hybridized carbons (Fsp3) is 0.273. The topological polar surface area (TPSA) is 24.5 Å². The number of hydrogen-bond acceptors (Lipinski definition) is 3. The van der Waals surface area contributed by atoms with Gasteiger partial charge in [-0.2, -0.15) is 0 Å². The van der Waals surface area contributed by atoms with Gasteiger partial charge in [-0.3, -0.25) is 0 Å². The molecule has 0 radical (unpaired) electrons. The molecule has 27 heavy (non-hydrogen) atoms. The zero-order valence-electron chi connectivity index (χ0n) is 15.6. The van der Waals surface area contributed by atoms with Gasteiger partial charge in [0.05, 0.1) is 10.0 Å². The molecule has 3 nitrogen and oxygen atoms in total. The number of fused-ring (bicyclic) bond motifs is 1. The lowest BCUT2D eigenvalue weighted by Crippen LogP contribution is -2.26. The maximum Gasteiger partial charge on any atom is 0.124 e. The Morgan fingerprint density at radius 2 is 1.78 bits per heavy atom. The smallest absolute Gasteiger partial charge is 0.124 e. The fourth-order valence-corrected chi connectivity index (χ4v) is 3.26. The first-order chi connectivity index (χ1) is 13.0. The highest BCUT2D eigenvalue weighted by atomic mass is 35.5. The summed E-state index contributed by atoms with van der Waals surface area (Å²) in [4.78, 5) is 2.16. The van der Waals surface area contributed by atoms with Crippen LogP contribution in [-0.2, 0) is 13.2 Å². The van der Waals surface area contributed by atoms with Crippen molar-refractivity contribution in [1.29, 1.82) is 0 Å². The van der Waals surface area contributed by atoms with Crippen LogP contribution in [0.25, 0.3) is 10.8 Å². The molecule has 0 heterocycles. The van der Waals surface area contributed by atoms with E-state index in [9.17, 15) is 0 Å². The first kappa shape index (κ1) is 20.0. The van der Waals surface area contributed by atoms with Gasteiger partial charge in [0.1, 0.15) is 12.4 Å². The second-order valence-electron chi connectivity index (χ2n) is 6.78. The Balaban J connectivity index is 1.80. The Morgan fingerprint density at radius 3 is 2.56 bits per heavy atom. The normalized spacial score (nSPS) is 11.3. The summed E-state index contributed by atoms with van der Waals surface area (Å²) in [7, 11) is 4.15. The molecule has 0 amide bonds. The van der Waals surface area contributed by atoms with Crippen LogP contribution in [0.5, 0.6) is 5.75 Å². The summed E-state index contributed by atoms with van der Waals surface area (Å²) < 4.78 is 6.15. The molecule has 0 aliphatic carbocycles. The monoisotopic (exact) mass is 402 g/mol. The molecular weight excluding hydrogens is 379 g/mol. The third-order valence-corrected chi connectivity index (χ3v) is 5.15. The molecule has 3 rings (SSSR count). The maximum atomic E-state index is 6.15. The van der Waals surface area contributed by atoms with Crippen LogP contribution in [0.2, 0.25) is 10.0 Å². The SMILES string of the molecule is CN(C)CCNCc1c(OCc2ccc(Cl)c(Cl)c2)ccc2ccccc12. The van der Waals surface area contributed by atoms with Crippen LogP contribution in [-0.4, -0.2) is 32.1 Å². The van der Waals surface area contributed by atoms with E-state index < -0.39 is 0 Å². The largest absolute Gasteiger partial charge is 0.489 e. The molecular formula is C22H24Cl2N2O. The summed E-state index contributed by atoms with van der Waals surface area (Å²) in [6.45, 7) is 3.11. The van der Waals surface area contributed by atoms with E-state index in [2.05, 4.69) is 54.6 Å².